The van der Waals surface area contributed by atoms with Gasteiger partial charge < -0.3 is 20.0 Å². The molecule has 9 heteroatoms. The van der Waals surface area contributed by atoms with Crippen molar-refractivity contribution in [2.45, 2.75) is 32.6 Å². The molecule has 0 aliphatic carbocycles. The van der Waals surface area contributed by atoms with Crippen LogP contribution in [0.5, 0.6) is 0 Å². The molecule has 1 saturated heterocycles. The van der Waals surface area contributed by atoms with E-state index in [9.17, 15) is 14.4 Å². The number of likely N-dealkylation sites (tertiary alicyclic amines) is 1. The summed E-state index contributed by atoms with van der Waals surface area (Å²) in [5.41, 5.74) is 2.99. The second-order valence-corrected chi connectivity index (χ2v) is 9.24. The number of nitrogens with one attached hydrogen (secondary N) is 2. The minimum atomic E-state index is -0.281. The lowest BCUT2D eigenvalue weighted by Crippen LogP contribution is -2.43. The number of anilines is 1. The van der Waals surface area contributed by atoms with E-state index < -0.39 is 0 Å². The quantitative estimate of drug-likeness (QED) is 0.475. The highest BCUT2D eigenvalue weighted by Gasteiger charge is 2.30. The Labute approximate surface area is 202 Å². The zero-order valence-corrected chi connectivity index (χ0v) is 19.9. The van der Waals surface area contributed by atoms with Crippen LogP contribution >= 0.6 is 11.3 Å². The van der Waals surface area contributed by atoms with Gasteiger partial charge in [0.1, 0.15) is 0 Å². The summed E-state index contributed by atoms with van der Waals surface area (Å²) in [6.45, 7) is 3.18. The number of nitrogens with zero attached hydrogens (tertiary/aromatic N) is 2. The normalized spacial score (nSPS) is 15.7. The minimum absolute atomic E-state index is 0.00930. The number of piperidine rings is 1. The average molecular weight is 481 g/mol. The van der Waals surface area contributed by atoms with Crippen LogP contribution in [0.4, 0.5) is 5.13 Å². The number of carbonyl (C=O) groups is 3. The molecule has 2 N–H and O–H groups in total. The first-order chi connectivity index (χ1) is 16.5. The molecule has 1 atom stereocenters. The smallest absolute Gasteiger partial charge is 0.289 e. The van der Waals surface area contributed by atoms with E-state index in [0.717, 1.165) is 36.9 Å². The van der Waals surface area contributed by atoms with Crippen LogP contribution in [0.3, 0.4) is 0 Å². The summed E-state index contributed by atoms with van der Waals surface area (Å²) in [4.78, 5) is 42.6. The van der Waals surface area contributed by atoms with Crippen molar-refractivity contribution in [3.63, 3.8) is 0 Å². The summed E-state index contributed by atoms with van der Waals surface area (Å²) in [6, 6.07) is 11.5. The van der Waals surface area contributed by atoms with Crippen LogP contribution in [-0.4, -0.2) is 47.2 Å². The number of aromatic nitrogens is 1. The number of carbonyl (C=O) groups excluding carboxylic acids is 3. The maximum Gasteiger partial charge on any atom is 0.289 e. The second kappa shape index (κ2) is 11.1. The number of thiazole rings is 1. The molecular formula is C25H28N4O4S. The largest absolute Gasteiger partial charge is 0.459 e. The zero-order chi connectivity index (χ0) is 23.9. The molecule has 1 aliphatic heterocycles. The van der Waals surface area contributed by atoms with Gasteiger partial charge in [-0.1, -0.05) is 24.3 Å². The molecule has 3 amide bonds. The molecule has 3 heterocycles. The Bertz CT molecular complexity index is 1120. The molecule has 0 saturated carbocycles. The number of amides is 3. The van der Waals surface area contributed by atoms with Crippen LogP contribution in [0.15, 0.2) is 52.5 Å². The number of hydrogen-bond acceptors (Lipinski definition) is 6. The van der Waals surface area contributed by atoms with Gasteiger partial charge in [-0.05, 0) is 43.4 Å². The van der Waals surface area contributed by atoms with Crippen molar-refractivity contribution in [2.75, 3.05) is 25.0 Å². The molecule has 1 unspecified atom stereocenters. The predicted octanol–water partition coefficient (Wildman–Crippen LogP) is 3.96. The van der Waals surface area contributed by atoms with E-state index in [-0.39, 0.29) is 23.6 Å². The first kappa shape index (κ1) is 23.7. The molecule has 1 fully saturated rings. The van der Waals surface area contributed by atoms with Crippen LogP contribution in [0, 0.1) is 5.92 Å². The Balaban J connectivity index is 1.30. The third-order valence-corrected chi connectivity index (χ3v) is 6.57. The maximum absolute atomic E-state index is 12.8. The van der Waals surface area contributed by atoms with Crippen molar-refractivity contribution in [1.29, 1.82) is 0 Å². The molecular weight excluding hydrogens is 452 g/mol. The van der Waals surface area contributed by atoms with Gasteiger partial charge in [-0.15, -0.1) is 11.3 Å². The molecule has 0 spiro atoms. The first-order valence-corrected chi connectivity index (χ1v) is 12.3. The molecule has 178 valence electrons. The van der Waals surface area contributed by atoms with Crippen LogP contribution in [0.25, 0.3) is 11.3 Å². The van der Waals surface area contributed by atoms with Crippen LogP contribution in [-0.2, 0) is 16.0 Å². The lowest BCUT2D eigenvalue weighted by atomic mass is 9.97. The van der Waals surface area contributed by atoms with Gasteiger partial charge in [0.15, 0.2) is 10.9 Å². The zero-order valence-electron chi connectivity index (χ0n) is 19.1. The molecule has 8 nitrogen and oxygen atoms in total. The molecule has 2 aromatic heterocycles. The predicted molar refractivity (Wildman–Crippen MR) is 131 cm³/mol. The fourth-order valence-electron chi connectivity index (χ4n) is 4.00. The monoisotopic (exact) mass is 480 g/mol. The number of aryl methyl sites for hydroxylation is 1. The lowest BCUT2D eigenvalue weighted by molar-refractivity contribution is -0.121. The summed E-state index contributed by atoms with van der Waals surface area (Å²) in [5, 5.41) is 8.20. The molecule has 0 bridgehead atoms. The summed E-state index contributed by atoms with van der Waals surface area (Å²) in [7, 11) is 0. The Hall–Kier alpha value is -3.46. The van der Waals surface area contributed by atoms with Gasteiger partial charge in [0.05, 0.1) is 17.9 Å². The minimum Gasteiger partial charge on any atom is -0.459 e. The fourth-order valence-corrected chi connectivity index (χ4v) is 4.72. The van der Waals surface area contributed by atoms with Gasteiger partial charge in [0.2, 0.25) is 11.8 Å². The van der Waals surface area contributed by atoms with Crippen molar-refractivity contribution < 1.29 is 18.8 Å². The standard InChI is InChI=1S/C25H28N4O4S/c1-17(30)26-12-2-5-18-8-10-19(11-9-18)21-16-34-25(27-21)28-23(31)20-6-3-13-29(15-20)24(32)22-7-4-14-33-22/h4,7-11,14,16,20H,2-3,5-6,12-13,15H2,1H3,(H,26,30)(H,27,28,31). The third kappa shape index (κ3) is 6.11. The van der Waals surface area contributed by atoms with Crippen LogP contribution in [0.2, 0.25) is 0 Å². The van der Waals surface area contributed by atoms with Crippen LogP contribution in [0.1, 0.15) is 42.3 Å². The lowest BCUT2D eigenvalue weighted by Gasteiger charge is -2.31. The van der Waals surface area contributed by atoms with Crippen LogP contribution < -0.4 is 10.6 Å². The molecule has 1 aromatic carbocycles. The van der Waals surface area contributed by atoms with Crippen molar-refractivity contribution >= 4 is 34.2 Å². The van der Waals surface area contributed by atoms with Gasteiger partial charge in [-0.2, -0.15) is 0 Å². The van der Waals surface area contributed by atoms with Gasteiger partial charge in [-0.25, -0.2) is 4.98 Å². The summed E-state index contributed by atoms with van der Waals surface area (Å²) in [6.07, 6.45) is 4.75. The SMILES string of the molecule is CC(=O)NCCCc1ccc(-c2csc(NC(=O)C3CCCN(C(=O)c4ccco4)C3)n2)cc1. The Morgan fingerprint density at radius 1 is 1.21 bits per heavy atom. The van der Waals surface area contributed by atoms with E-state index in [2.05, 4.69) is 27.8 Å². The van der Waals surface area contributed by atoms with E-state index in [1.807, 2.05) is 17.5 Å². The van der Waals surface area contributed by atoms with Gasteiger partial charge in [-0.3, -0.25) is 14.4 Å². The second-order valence-electron chi connectivity index (χ2n) is 8.38. The Morgan fingerprint density at radius 2 is 2.03 bits per heavy atom. The molecule has 0 radical (unpaired) electrons. The molecule has 3 aromatic rings. The van der Waals surface area contributed by atoms with E-state index in [1.165, 1.54) is 30.1 Å². The fraction of sp³-hybridized carbons (Fsp3) is 0.360. The first-order valence-electron chi connectivity index (χ1n) is 11.4. The third-order valence-electron chi connectivity index (χ3n) is 5.81. The highest BCUT2D eigenvalue weighted by Crippen LogP contribution is 2.27. The van der Waals surface area contributed by atoms with Gasteiger partial charge in [0, 0.05) is 37.5 Å². The molecule has 1 aliphatic rings. The number of hydrogen-bond donors (Lipinski definition) is 2. The van der Waals surface area contributed by atoms with Gasteiger partial charge in [0.25, 0.3) is 5.91 Å². The van der Waals surface area contributed by atoms with Crippen molar-refractivity contribution in [2.24, 2.45) is 5.92 Å². The highest BCUT2D eigenvalue weighted by atomic mass is 32.1. The summed E-state index contributed by atoms with van der Waals surface area (Å²) >= 11 is 1.39. The maximum atomic E-state index is 12.8. The summed E-state index contributed by atoms with van der Waals surface area (Å²) < 4.78 is 5.21. The van der Waals surface area contributed by atoms with E-state index in [4.69, 9.17) is 4.42 Å². The number of rotatable bonds is 8. The van der Waals surface area contributed by atoms with E-state index >= 15 is 0 Å². The van der Waals surface area contributed by atoms with E-state index in [1.54, 1.807) is 17.0 Å². The number of benzene rings is 1. The van der Waals surface area contributed by atoms with Crippen molar-refractivity contribution in [3.05, 3.63) is 59.4 Å². The highest BCUT2D eigenvalue weighted by molar-refractivity contribution is 7.14. The topological polar surface area (TPSA) is 105 Å². The summed E-state index contributed by atoms with van der Waals surface area (Å²) in [5.74, 6) is -0.295. The van der Waals surface area contributed by atoms with E-state index in [0.29, 0.717) is 30.5 Å². The Morgan fingerprint density at radius 3 is 2.76 bits per heavy atom. The molecule has 4 rings (SSSR count). The number of furan rings is 1. The average Bonchev–Trinajstić information content (AvgIpc) is 3.54. The Kier molecular flexibility index (Phi) is 7.74. The van der Waals surface area contributed by atoms with Crippen molar-refractivity contribution in [3.8, 4) is 11.3 Å². The van der Waals surface area contributed by atoms with Crippen molar-refractivity contribution in [1.82, 2.24) is 15.2 Å². The molecule has 34 heavy (non-hydrogen) atoms. The van der Waals surface area contributed by atoms with Gasteiger partial charge >= 0.3 is 0 Å².